The van der Waals surface area contributed by atoms with Gasteiger partial charge in [-0.05, 0) is 28.8 Å². The number of furan rings is 1. The average molecular weight is 368 g/mol. The predicted octanol–water partition coefficient (Wildman–Crippen LogP) is 5.79. The van der Waals surface area contributed by atoms with E-state index in [9.17, 15) is 4.79 Å². The molecule has 0 saturated heterocycles. The summed E-state index contributed by atoms with van der Waals surface area (Å²) in [6.45, 7) is 0.396. The molecule has 0 saturated carbocycles. The first kappa shape index (κ1) is 16.4. The molecule has 2 heterocycles. The molecule has 5 aromatic rings. The maximum atomic E-state index is 11.6. The quantitative estimate of drug-likeness (QED) is 0.377. The standard InChI is InChI=1S/C24H16O4/c25-23-11-10-19-22(28-23)14-21-20(12-13-26-21)24(19)27-15-16-6-8-18(9-7-16)17-4-2-1-3-5-17/h1-14H,15H2. The zero-order chi connectivity index (χ0) is 18.9. The first-order valence-electron chi connectivity index (χ1n) is 8.99. The summed E-state index contributed by atoms with van der Waals surface area (Å²) < 4.78 is 16.9. The molecule has 3 aromatic carbocycles. The lowest BCUT2D eigenvalue weighted by Crippen LogP contribution is -1.99. The predicted molar refractivity (Wildman–Crippen MR) is 108 cm³/mol. The van der Waals surface area contributed by atoms with Gasteiger partial charge < -0.3 is 13.6 Å². The zero-order valence-electron chi connectivity index (χ0n) is 14.9. The minimum atomic E-state index is -0.402. The fourth-order valence-corrected chi connectivity index (χ4v) is 3.35. The fourth-order valence-electron chi connectivity index (χ4n) is 3.35. The van der Waals surface area contributed by atoms with E-state index in [0.29, 0.717) is 23.5 Å². The molecule has 4 nitrogen and oxygen atoms in total. The summed E-state index contributed by atoms with van der Waals surface area (Å²) >= 11 is 0. The van der Waals surface area contributed by atoms with E-state index in [2.05, 4.69) is 36.4 Å². The van der Waals surface area contributed by atoms with Crippen molar-refractivity contribution in [1.82, 2.24) is 0 Å². The van der Waals surface area contributed by atoms with Crippen molar-refractivity contribution in [3.05, 3.63) is 101 Å². The molecule has 28 heavy (non-hydrogen) atoms. The molecule has 0 radical (unpaired) electrons. The molecular formula is C24H16O4. The second-order valence-corrected chi connectivity index (χ2v) is 6.56. The smallest absolute Gasteiger partial charge is 0.336 e. The molecule has 0 unspecified atom stereocenters. The molecule has 0 aliphatic carbocycles. The van der Waals surface area contributed by atoms with Crippen molar-refractivity contribution in [1.29, 1.82) is 0 Å². The lowest BCUT2D eigenvalue weighted by Gasteiger charge is -2.11. The van der Waals surface area contributed by atoms with Crippen LogP contribution < -0.4 is 10.4 Å². The Hall–Kier alpha value is -3.79. The van der Waals surface area contributed by atoms with Gasteiger partial charge in [0.1, 0.15) is 23.5 Å². The topological polar surface area (TPSA) is 52.6 Å². The summed E-state index contributed by atoms with van der Waals surface area (Å²) in [4.78, 5) is 11.6. The third-order valence-electron chi connectivity index (χ3n) is 4.75. The first-order chi connectivity index (χ1) is 13.8. The summed E-state index contributed by atoms with van der Waals surface area (Å²) in [5.74, 6) is 0.650. The minimum absolute atomic E-state index is 0.396. The van der Waals surface area contributed by atoms with Gasteiger partial charge in [0.15, 0.2) is 0 Å². The molecule has 0 aliphatic heterocycles. The van der Waals surface area contributed by atoms with Crippen molar-refractivity contribution in [3.8, 4) is 16.9 Å². The molecule has 0 aliphatic rings. The molecule has 136 valence electrons. The number of hydrogen-bond acceptors (Lipinski definition) is 4. The molecule has 0 amide bonds. The van der Waals surface area contributed by atoms with Gasteiger partial charge in [0, 0.05) is 12.1 Å². The molecule has 0 fully saturated rings. The summed E-state index contributed by atoms with van der Waals surface area (Å²) in [6.07, 6.45) is 1.60. The number of rotatable bonds is 4. The number of hydrogen-bond donors (Lipinski definition) is 0. The summed E-state index contributed by atoms with van der Waals surface area (Å²) in [7, 11) is 0. The summed E-state index contributed by atoms with van der Waals surface area (Å²) in [6, 6.07) is 25.2. The van der Waals surface area contributed by atoms with E-state index >= 15 is 0 Å². The van der Waals surface area contributed by atoms with E-state index in [-0.39, 0.29) is 0 Å². The highest BCUT2D eigenvalue weighted by Crippen LogP contribution is 2.35. The molecule has 2 aromatic heterocycles. The van der Waals surface area contributed by atoms with Crippen LogP contribution in [-0.2, 0) is 6.61 Å². The fraction of sp³-hybridized carbons (Fsp3) is 0.0417. The maximum Gasteiger partial charge on any atom is 0.336 e. The lowest BCUT2D eigenvalue weighted by atomic mass is 10.0. The Labute approximate surface area is 160 Å². The van der Waals surface area contributed by atoms with Gasteiger partial charge >= 0.3 is 5.63 Å². The second kappa shape index (κ2) is 6.74. The minimum Gasteiger partial charge on any atom is -0.487 e. The van der Waals surface area contributed by atoms with Gasteiger partial charge in [-0.15, -0.1) is 0 Å². The van der Waals surface area contributed by atoms with Crippen LogP contribution in [0.2, 0.25) is 0 Å². The SMILES string of the molecule is O=c1ccc2c(OCc3ccc(-c4ccccc4)cc3)c3ccoc3cc2o1. The van der Waals surface area contributed by atoms with Crippen molar-refractivity contribution >= 4 is 21.9 Å². The zero-order valence-corrected chi connectivity index (χ0v) is 14.9. The molecule has 0 spiro atoms. The van der Waals surface area contributed by atoms with E-state index in [1.54, 1.807) is 18.4 Å². The molecule has 0 bridgehead atoms. The van der Waals surface area contributed by atoms with Crippen LogP contribution in [0.1, 0.15) is 5.56 Å². The van der Waals surface area contributed by atoms with Gasteiger partial charge in [-0.25, -0.2) is 4.79 Å². The van der Waals surface area contributed by atoms with Crippen LogP contribution in [0.15, 0.2) is 98.8 Å². The van der Waals surface area contributed by atoms with Crippen molar-refractivity contribution in [3.63, 3.8) is 0 Å². The Kier molecular flexibility index (Phi) is 3.95. The maximum absolute atomic E-state index is 11.6. The van der Waals surface area contributed by atoms with E-state index < -0.39 is 5.63 Å². The molecule has 0 atom stereocenters. The van der Waals surface area contributed by atoms with Crippen LogP contribution >= 0.6 is 0 Å². The Morgan fingerprint density at radius 3 is 2.32 bits per heavy atom. The van der Waals surface area contributed by atoms with E-state index in [1.807, 2.05) is 24.3 Å². The van der Waals surface area contributed by atoms with Crippen molar-refractivity contribution in [2.45, 2.75) is 6.61 Å². The Balaban J connectivity index is 1.47. The molecule has 4 heteroatoms. The highest BCUT2D eigenvalue weighted by molar-refractivity contribution is 6.01. The Morgan fingerprint density at radius 2 is 1.50 bits per heavy atom. The number of benzene rings is 3. The highest BCUT2D eigenvalue weighted by Gasteiger charge is 2.13. The van der Waals surface area contributed by atoms with Gasteiger partial charge in [-0.1, -0.05) is 54.6 Å². The first-order valence-corrected chi connectivity index (χ1v) is 8.99. The Bertz CT molecular complexity index is 1310. The number of ether oxygens (including phenoxy) is 1. The lowest BCUT2D eigenvalue weighted by molar-refractivity contribution is 0.313. The van der Waals surface area contributed by atoms with Crippen LogP contribution in [0.25, 0.3) is 33.1 Å². The van der Waals surface area contributed by atoms with Crippen LogP contribution in [-0.4, -0.2) is 0 Å². The van der Waals surface area contributed by atoms with Crippen LogP contribution in [0.5, 0.6) is 5.75 Å². The van der Waals surface area contributed by atoms with Gasteiger partial charge in [0.2, 0.25) is 0 Å². The highest BCUT2D eigenvalue weighted by atomic mass is 16.5. The average Bonchev–Trinajstić information content (AvgIpc) is 3.20. The van der Waals surface area contributed by atoms with E-state index in [1.165, 1.54) is 11.6 Å². The van der Waals surface area contributed by atoms with Crippen molar-refractivity contribution in [2.75, 3.05) is 0 Å². The van der Waals surface area contributed by atoms with Crippen molar-refractivity contribution < 1.29 is 13.6 Å². The van der Waals surface area contributed by atoms with Gasteiger partial charge in [0.25, 0.3) is 0 Å². The van der Waals surface area contributed by atoms with Crippen molar-refractivity contribution in [2.24, 2.45) is 0 Å². The molecular weight excluding hydrogens is 352 g/mol. The second-order valence-electron chi connectivity index (χ2n) is 6.56. The normalized spacial score (nSPS) is 11.1. The monoisotopic (exact) mass is 368 g/mol. The third-order valence-corrected chi connectivity index (χ3v) is 4.75. The summed E-state index contributed by atoms with van der Waals surface area (Å²) in [5.41, 5.74) is 4.06. The van der Waals surface area contributed by atoms with Crippen LogP contribution in [0.3, 0.4) is 0 Å². The van der Waals surface area contributed by atoms with Gasteiger partial charge in [-0.2, -0.15) is 0 Å². The summed E-state index contributed by atoms with van der Waals surface area (Å²) in [5, 5.41) is 1.59. The van der Waals surface area contributed by atoms with Gasteiger partial charge in [-0.3, -0.25) is 0 Å². The van der Waals surface area contributed by atoms with E-state index in [0.717, 1.165) is 21.9 Å². The molecule has 5 rings (SSSR count). The largest absolute Gasteiger partial charge is 0.487 e. The molecule has 0 N–H and O–H groups in total. The Morgan fingerprint density at radius 1 is 0.750 bits per heavy atom. The third kappa shape index (κ3) is 2.95. The van der Waals surface area contributed by atoms with Crippen LogP contribution in [0, 0.1) is 0 Å². The van der Waals surface area contributed by atoms with E-state index in [4.69, 9.17) is 13.6 Å². The number of fused-ring (bicyclic) bond motifs is 2. The van der Waals surface area contributed by atoms with Crippen LogP contribution in [0.4, 0.5) is 0 Å². The van der Waals surface area contributed by atoms with Gasteiger partial charge in [0.05, 0.1) is 17.0 Å².